The highest BCUT2D eigenvalue weighted by molar-refractivity contribution is 4.65. The molecule has 0 spiro atoms. The highest BCUT2D eigenvalue weighted by Gasteiger charge is 2.09. The standard InChI is InChI=1S/C11H26N4/c1-14(11-6-13-12)7-5-10-15-8-3-2-4-9-15/h13H,2-12H2,1H3. The summed E-state index contributed by atoms with van der Waals surface area (Å²) in [6.45, 7) is 6.98. The average molecular weight is 214 g/mol. The summed E-state index contributed by atoms with van der Waals surface area (Å²) in [6.07, 6.45) is 5.50. The maximum absolute atomic E-state index is 5.24. The zero-order chi connectivity index (χ0) is 10.9. The van der Waals surface area contributed by atoms with Gasteiger partial charge in [0, 0.05) is 13.1 Å². The van der Waals surface area contributed by atoms with E-state index in [0.717, 1.165) is 13.1 Å². The normalized spacial score (nSPS) is 18.6. The molecule has 1 aliphatic heterocycles. The van der Waals surface area contributed by atoms with E-state index in [1.807, 2.05) is 0 Å². The first-order valence-corrected chi connectivity index (χ1v) is 6.17. The number of rotatable bonds is 7. The van der Waals surface area contributed by atoms with Gasteiger partial charge in [0.05, 0.1) is 0 Å². The molecule has 0 atom stereocenters. The minimum absolute atomic E-state index is 0.875. The van der Waals surface area contributed by atoms with Crippen molar-refractivity contribution in [2.45, 2.75) is 25.7 Å². The van der Waals surface area contributed by atoms with Crippen molar-refractivity contribution in [1.29, 1.82) is 0 Å². The summed E-state index contributed by atoms with van der Waals surface area (Å²) in [5, 5.41) is 0. The van der Waals surface area contributed by atoms with Crippen LogP contribution in [0, 0.1) is 0 Å². The number of likely N-dealkylation sites (tertiary alicyclic amines) is 1. The maximum atomic E-state index is 5.24. The van der Waals surface area contributed by atoms with Gasteiger partial charge in [0.1, 0.15) is 0 Å². The number of hydrogen-bond donors (Lipinski definition) is 2. The molecule has 0 bridgehead atoms. The van der Waals surface area contributed by atoms with E-state index in [4.69, 9.17) is 5.84 Å². The quantitative estimate of drug-likeness (QED) is 0.471. The molecule has 0 radical (unpaired) electrons. The lowest BCUT2D eigenvalue weighted by Gasteiger charge is -2.27. The van der Waals surface area contributed by atoms with Gasteiger partial charge in [-0.05, 0) is 52.5 Å². The predicted molar refractivity (Wildman–Crippen MR) is 64.6 cm³/mol. The van der Waals surface area contributed by atoms with Crippen LogP contribution in [-0.4, -0.2) is 56.1 Å². The lowest BCUT2D eigenvalue weighted by atomic mass is 10.1. The van der Waals surface area contributed by atoms with Gasteiger partial charge in [-0.2, -0.15) is 0 Å². The number of piperidine rings is 1. The van der Waals surface area contributed by atoms with Crippen molar-refractivity contribution in [3.63, 3.8) is 0 Å². The zero-order valence-corrected chi connectivity index (χ0v) is 10.0. The third-order valence-corrected chi connectivity index (χ3v) is 3.10. The molecule has 0 saturated carbocycles. The number of likely N-dealkylation sites (N-methyl/N-ethyl adjacent to an activating group) is 1. The molecule has 0 aromatic heterocycles. The summed E-state index contributed by atoms with van der Waals surface area (Å²) in [7, 11) is 2.16. The zero-order valence-electron chi connectivity index (χ0n) is 10.0. The molecule has 1 saturated heterocycles. The maximum Gasteiger partial charge on any atom is 0.0225 e. The van der Waals surface area contributed by atoms with Crippen LogP contribution in [0.2, 0.25) is 0 Å². The van der Waals surface area contributed by atoms with Gasteiger partial charge in [-0.25, -0.2) is 0 Å². The van der Waals surface area contributed by atoms with Crippen molar-refractivity contribution in [2.75, 3.05) is 46.3 Å². The Morgan fingerprint density at radius 2 is 1.93 bits per heavy atom. The topological polar surface area (TPSA) is 44.5 Å². The van der Waals surface area contributed by atoms with Gasteiger partial charge in [0.2, 0.25) is 0 Å². The van der Waals surface area contributed by atoms with Crippen LogP contribution in [0.3, 0.4) is 0 Å². The molecular weight excluding hydrogens is 188 g/mol. The fraction of sp³-hybridized carbons (Fsp3) is 1.00. The third kappa shape index (κ3) is 6.10. The molecule has 1 aliphatic rings. The summed E-state index contributed by atoms with van der Waals surface area (Å²) in [6, 6.07) is 0. The second kappa shape index (κ2) is 8.05. The van der Waals surface area contributed by atoms with Crippen molar-refractivity contribution < 1.29 is 0 Å². The van der Waals surface area contributed by atoms with Gasteiger partial charge in [-0.1, -0.05) is 6.42 Å². The molecule has 0 aromatic rings. The number of nitrogens with zero attached hydrogens (tertiary/aromatic N) is 2. The molecule has 0 aliphatic carbocycles. The van der Waals surface area contributed by atoms with Crippen molar-refractivity contribution in [2.24, 2.45) is 5.84 Å². The molecule has 1 fully saturated rings. The van der Waals surface area contributed by atoms with E-state index in [9.17, 15) is 0 Å². The molecule has 1 heterocycles. The number of nitrogens with two attached hydrogens (primary N) is 1. The van der Waals surface area contributed by atoms with Crippen LogP contribution in [0.1, 0.15) is 25.7 Å². The number of hydrazine groups is 1. The summed E-state index contributed by atoms with van der Waals surface area (Å²) >= 11 is 0. The van der Waals surface area contributed by atoms with Crippen molar-refractivity contribution in [1.82, 2.24) is 15.2 Å². The Kier molecular flexibility index (Phi) is 6.92. The van der Waals surface area contributed by atoms with Gasteiger partial charge in [0.15, 0.2) is 0 Å². The smallest absolute Gasteiger partial charge is 0.0225 e. The van der Waals surface area contributed by atoms with Gasteiger partial charge in [0.25, 0.3) is 0 Å². The Bertz CT molecular complexity index is 146. The SMILES string of the molecule is CN(CCCN1CCCCC1)CCNN. The van der Waals surface area contributed by atoms with Crippen LogP contribution < -0.4 is 11.3 Å². The second-order valence-corrected chi connectivity index (χ2v) is 4.51. The molecule has 0 amide bonds. The Morgan fingerprint density at radius 1 is 1.20 bits per heavy atom. The van der Waals surface area contributed by atoms with Crippen LogP contribution in [-0.2, 0) is 0 Å². The van der Waals surface area contributed by atoms with Crippen molar-refractivity contribution in [3.05, 3.63) is 0 Å². The largest absolute Gasteiger partial charge is 0.305 e. The molecule has 3 N–H and O–H groups in total. The summed E-state index contributed by atoms with van der Waals surface area (Å²) in [5.74, 6) is 5.24. The summed E-state index contributed by atoms with van der Waals surface area (Å²) < 4.78 is 0. The monoisotopic (exact) mass is 214 g/mol. The Morgan fingerprint density at radius 3 is 2.60 bits per heavy atom. The van der Waals surface area contributed by atoms with Gasteiger partial charge in [-0.3, -0.25) is 11.3 Å². The van der Waals surface area contributed by atoms with E-state index in [0.29, 0.717) is 0 Å². The fourth-order valence-electron chi connectivity index (χ4n) is 2.11. The summed E-state index contributed by atoms with van der Waals surface area (Å²) in [5.41, 5.74) is 2.69. The Hall–Kier alpha value is -0.160. The first-order chi connectivity index (χ1) is 7.33. The van der Waals surface area contributed by atoms with Crippen LogP contribution in [0.5, 0.6) is 0 Å². The predicted octanol–water partition coefficient (Wildman–Crippen LogP) is 0.258. The highest BCUT2D eigenvalue weighted by Crippen LogP contribution is 2.08. The lowest BCUT2D eigenvalue weighted by molar-refractivity contribution is 0.212. The third-order valence-electron chi connectivity index (χ3n) is 3.10. The number of hydrogen-bond acceptors (Lipinski definition) is 4. The lowest BCUT2D eigenvalue weighted by Crippen LogP contribution is -2.35. The van der Waals surface area contributed by atoms with E-state index in [1.165, 1.54) is 51.9 Å². The minimum atomic E-state index is 0.875. The van der Waals surface area contributed by atoms with E-state index in [-0.39, 0.29) is 0 Å². The molecule has 4 heteroatoms. The van der Waals surface area contributed by atoms with Gasteiger partial charge in [-0.15, -0.1) is 0 Å². The molecule has 15 heavy (non-hydrogen) atoms. The Labute approximate surface area is 93.8 Å². The first-order valence-electron chi connectivity index (χ1n) is 6.17. The minimum Gasteiger partial charge on any atom is -0.305 e. The number of nitrogens with one attached hydrogen (secondary N) is 1. The molecule has 0 aromatic carbocycles. The van der Waals surface area contributed by atoms with E-state index >= 15 is 0 Å². The van der Waals surface area contributed by atoms with Gasteiger partial charge >= 0.3 is 0 Å². The molecule has 4 nitrogen and oxygen atoms in total. The van der Waals surface area contributed by atoms with E-state index in [2.05, 4.69) is 22.3 Å². The molecule has 90 valence electrons. The van der Waals surface area contributed by atoms with E-state index in [1.54, 1.807) is 0 Å². The van der Waals surface area contributed by atoms with Crippen LogP contribution in [0.25, 0.3) is 0 Å². The molecular formula is C11H26N4. The van der Waals surface area contributed by atoms with Crippen LogP contribution >= 0.6 is 0 Å². The average Bonchev–Trinajstić information content (AvgIpc) is 2.28. The second-order valence-electron chi connectivity index (χ2n) is 4.51. The molecule has 1 rings (SSSR count). The van der Waals surface area contributed by atoms with Crippen LogP contribution in [0.4, 0.5) is 0 Å². The highest BCUT2D eigenvalue weighted by atomic mass is 15.2. The first kappa shape index (κ1) is 12.9. The van der Waals surface area contributed by atoms with Crippen molar-refractivity contribution >= 4 is 0 Å². The fourth-order valence-corrected chi connectivity index (χ4v) is 2.11. The molecule has 0 unspecified atom stereocenters. The van der Waals surface area contributed by atoms with Crippen LogP contribution in [0.15, 0.2) is 0 Å². The van der Waals surface area contributed by atoms with Gasteiger partial charge < -0.3 is 9.80 Å². The van der Waals surface area contributed by atoms with Crippen molar-refractivity contribution in [3.8, 4) is 0 Å². The Balaban J connectivity index is 1.94. The summed E-state index contributed by atoms with van der Waals surface area (Å²) in [4.78, 5) is 4.93. The van der Waals surface area contributed by atoms with E-state index < -0.39 is 0 Å².